The fourth-order valence-electron chi connectivity index (χ4n) is 2.86. The van der Waals surface area contributed by atoms with Crippen molar-refractivity contribution in [2.75, 3.05) is 11.9 Å². The van der Waals surface area contributed by atoms with Gasteiger partial charge in [-0.1, -0.05) is 23.9 Å². The van der Waals surface area contributed by atoms with Crippen LogP contribution in [0, 0.1) is 13.8 Å². The summed E-state index contributed by atoms with van der Waals surface area (Å²) in [6.45, 7) is 6.94. The van der Waals surface area contributed by atoms with E-state index in [0.717, 1.165) is 36.3 Å². The molecule has 2 atom stereocenters. The molecule has 1 fully saturated rings. The lowest BCUT2D eigenvalue weighted by molar-refractivity contribution is -0.115. The Bertz CT molecular complexity index is 839. The number of thioether (sulfide) groups is 1. The van der Waals surface area contributed by atoms with Crippen molar-refractivity contribution in [3.63, 3.8) is 0 Å². The summed E-state index contributed by atoms with van der Waals surface area (Å²) in [6.07, 6.45) is 1.97. The second kappa shape index (κ2) is 8.09. The van der Waals surface area contributed by atoms with E-state index in [0.29, 0.717) is 11.7 Å². The quantitative estimate of drug-likeness (QED) is 0.756. The number of hydrogen-bond donors (Lipinski definition) is 2. The van der Waals surface area contributed by atoms with Crippen molar-refractivity contribution >= 4 is 23.4 Å². The van der Waals surface area contributed by atoms with Gasteiger partial charge < -0.3 is 10.1 Å². The van der Waals surface area contributed by atoms with E-state index in [1.54, 1.807) is 11.5 Å². The molecule has 2 aromatic rings. The van der Waals surface area contributed by atoms with E-state index in [9.17, 15) is 9.59 Å². The van der Waals surface area contributed by atoms with Crippen LogP contribution < -0.4 is 11.0 Å². The Morgan fingerprint density at radius 3 is 3.04 bits per heavy atom. The Kier molecular flexibility index (Phi) is 5.83. The van der Waals surface area contributed by atoms with Crippen molar-refractivity contribution in [2.24, 2.45) is 0 Å². The van der Waals surface area contributed by atoms with Gasteiger partial charge in [0.15, 0.2) is 5.16 Å². The molecule has 1 aromatic heterocycles. The topological polar surface area (TPSA) is 89.0 Å². The maximum Gasteiger partial charge on any atom is 0.344 e. The monoisotopic (exact) mass is 376 g/mol. The third-order valence-electron chi connectivity index (χ3n) is 4.44. The molecule has 0 radical (unpaired) electrons. The molecule has 7 nitrogen and oxygen atoms in total. The van der Waals surface area contributed by atoms with Gasteiger partial charge in [-0.3, -0.25) is 9.36 Å². The summed E-state index contributed by atoms with van der Waals surface area (Å²) in [5.41, 5.74) is 2.63. The van der Waals surface area contributed by atoms with E-state index >= 15 is 0 Å². The van der Waals surface area contributed by atoms with Crippen molar-refractivity contribution in [1.29, 1.82) is 0 Å². The van der Waals surface area contributed by atoms with E-state index in [-0.39, 0.29) is 17.7 Å². The highest BCUT2D eigenvalue weighted by molar-refractivity contribution is 8.00. The lowest BCUT2D eigenvalue weighted by atomic mass is 10.1. The number of nitrogens with zero attached hydrogens (tertiary/aromatic N) is 2. The molecule has 8 heteroatoms. The van der Waals surface area contributed by atoms with Gasteiger partial charge in [-0.25, -0.2) is 9.89 Å². The van der Waals surface area contributed by atoms with Crippen LogP contribution in [0.1, 0.15) is 30.9 Å². The Morgan fingerprint density at radius 1 is 1.50 bits per heavy atom. The van der Waals surface area contributed by atoms with Crippen LogP contribution in [0.3, 0.4) is 0 Å². The Hall–Kier alpha value is -2.06. The first-order chi connectivity index (χ1) is 12.4. The van der Waals surface area contributed by atoms with Gasteiger partial charge in [0.1, 0.15) is 0 Å². The number of rotatable bonds is 6. The average Bonchev–Trinajstić information content (AvgIpc) is 3.23. The largest absolute Gasteiger partial charge is 0.376 e. The predicted molar refractivity (Wildman–Crippen MR) is 102 cm³/mol. The molecule has 3 rings (SSSR count). The van der Waals surface area contributed by atoms with Crippen LogP contribution in [0.5, 0.6) is 0 Å². The number of carbonyl (C=O) groups excluding carboxylic acids is 1. The second-order valence-corrected chi connectivity index (χ2v) is 7.93. The summed E-state index contributed by atoms with van der Waals surface area (Å²) in [5, 5.41) is 9.62. The highest BCUT2D eigenvalue weighted by Gasteiger charge is 2.23. The van der Waals surface area contributed by atoms with Crippen LogP contribution in [-0.2, 0) is 16.1 Å². The summed E-state index contributed by atoms with van der Waals surface area (Å²) in [5.74, 6) is -0.122. The molecule has 1 amide bonds. The van der Waals surface area contributed by atoms with Gasteiger partial charge in [0.2, 0.25) is 5.91 Å². The molecule has 1 saturated heterocycles. The summed E-state index contributed by atoms with van der Waals surface area (Å²) in [6, 6.07) is 5.94. The van der Waals surface area contributed by atoms with E-state index in [2.05, 4.69) is 15.5 Å². The normalized spacial score (nSPS) is 18.0. The maximum atomic E-state index is 12.6. The molecule has 26 heavy (non-hydrogen) atoms. The van der Waals surface area contributed by atoms with E-state index < -0.39 is 5.25 Å². The number of amides is 1. The fraction of sp³-hybridized carbons (Fsp3) is 0.500. The Balaban J connectivity index is 1.67. The van der Waals surface area contributed by atoms with Crippen LogP contribution in [0.2, 0.25) is 0 Å². The van der Waals surface area contributed by atoms with Gasteiger partial charge in [0, 0.05) is 12.3 Å². The van der Waals surface area contributed by atoms with Crippen LogP contribution >= 0.6 is 11.8 Å². The average molecular weight is 376 g/mol. The number of nitrogens with one attached hydrogen (secondary N) is 2. The third kappa shape index (κ3) is 4.37. The molecule has 1 aliphatic heterocycles. The number of H-pyrrole nitrogens is 1. The number of benzene rings is 1. The third-order valence-corrected chi connectivity index (χ3v) is 5.53. The van der Waals surface area contributed by atoms with Gasteiger partial charge in [-0.15, -0.1) is 5.10 Å². The molecule has 0 aliphatic carbocycles. The molecule has 0 saturated carbocycles. The Labute approximate surface area is 156 Å². The summed E-state index contributed by atoms with van der Waals surface area (Å²) >= 11 is 1.26. The van der Waals surface area contributed by atoms with Crippen molar-refractivity contribution in [2.45, 2.75) is 56.7 Å². The molecule has 0 spiro atoms. The van der Waals surface area contributed by atoms with Gasteiger partial charge in [0.05, 0.1) is 17.9 Å². The summed E-state index contributed by atoms with van der Waals surface area (Å²) < 4.78 is 7.16. The first kappa shape index (κ1) is 18.7. The van der Waals surface area contributed by atoms with Gasteiger partial charge in [-0.05, 0) is 50.8 Å². The van der Waals surface area contributed by atoms with E-state index in [4.69, 9.17) is 4.74 Å². The minimum absolute atomic E-state index is 0.0312. The number of aromatic amines is 1. The number of anilines is 1. The van der Waals surface area contributed by atoms with Crippen LogP contribution in [0.25, 0.3) is 0 Å². The van der Waals surface area contributed by atoms with E-state index in [1.807, 2.05) is 32.0 Å². The van der Waals surface area contributed by atoms with Crippen molar-refractivity contribution in [3.8, 4) is 0 Å². The molecule has 0 unspecified atom stereocenters. The van der Waals surface area contributed by atoms with E-state index in [1.165, 1.54) is 11.8 Å². The number of carbonyl (C=O) groups is 1. The number of aromatic nitrogens is 3. The second-order valence-electron chi connectivity index (χ2n) is 6.62. The lowest BCUT2D eigenvalue weighted by Crippen LogP contribution is -2.27. The smallest absolute Gasteiger partial charge is 0.344 e. The first-order valence-corrected chi connectivity index (χ1v) is 9.63. The number of hydrogen-bond acceptors (Lipinski definition) is 5. The molecule has 1 aliphatic rings. The molecular weight excluding hydrogens is 352 g/mol. The zero-order valence-corrected chi connectivity index (χ0v) is 16.1. The first-order valence-electron chi connectivity index (χ1n) is 8.75. The highest BCUT2D eigenvalue weighted by Crippen LogP contribution is 2.24. The lowest BCUT2D eigenvalue weighted by Gasteiger charge is -2.15. The Morgan fingerprint density at radius 2 is 2.31 bits per heavy atom. The number of aryl methyl sites for hydroxylation is 2. The zero-order valence-electron chi connectivity index (χ0n) is 15.2. The minimum atomic E-state index is -0.395. The molecule has 140 valence electrons. The van der Waals surface area contributed by atoms with Crippen molar-refractivity contribution in [3.05, 3.63) is 39.8 Å². The molecule has 1 aromatic carbocycles. The van der Waals surface area contributed by atoms with Crippen molar-refractivity contribution in [1.82, 2.24) is 14.8 Å². The minimum Gasteiger partial charge on any atom is -0.376 e. The summed E-state index contributed by atoms with van der Waals surface area (Å²) in [4.78, 5) is 24.6. The van der Waals surface area contributed by atoms with Crippen LogP contribution in [0.15, 0.2) is 28.2 Å². The number of ether oxygens (including phenoxy) is 1. The van der Waals surface area contributed by atoms with Gasteiger partial charge in [0.25, 0.3) is 0 Å². The van der Waals surface area contributed by atoms with Crippen LogP contribution in [-0.4, -0.2) is 38.6 Å². The maximum absolute atomic E-state index is 12.6. The standard InChI is InChI=1S/C18H24N4O3S/c1-11-6-7-12(2)15(9-11)19-16(23)13(3)26-18-21-20-17(24)22(18)10-14-5-4-8-25-14/h6-7,9,13-14H,4-5,8,10H2,1-3H3,(H,19,23)(H,20,24)/t13-,14-/m0/s1. The molecule has 0 bridgehead atoms. The van der Waals surface area contributed by atoms with Gasteiger partial charge in [-0.2, -0.15) is 0 Å². The molecular formula is C18H24N4O3S. The summed E-state index contributed by atoms with van der Waals surface area (Å²) in [7, 11) is 0. The SMILES string of the molecule is Cc1ccc(C)c(NC(=O)[C@H](C)Sc2n[nH]c(=O)n2C[C@@H]2CCCO2)c1. The fourth-order valence-corrected chi connectivity index (χ4v) is 3.73. The highest BCUT2D eigenvalue weighted by atomic mass is 32.2. The molecule has 2 heterocycles. The van der Waals surface area contributed by atoms with Crippen molar-refractivity contribution < 1.29 is 9.53 Å². The van der Waals surface area contributed by atoms with Gasteiger partial charge >= 0.3 is 5.69 Å². The van der Waals surface area contributed by atoms with Crippen LogP contribution in [0.4, 0.5) is 5.69 Å². The predicted octanol–water partition coefficient (Wildman–Crippen LogP) is 2.49. The zero-order chi connectivity index (χ0) is 18.7. The molecule has 2 N–H and O–H groups in total.